The van der Waals surface area contributed by atoms with Crippen molar-refractivity contribution in [2.24, 2.45) is 5.92 Å². The van der Waals surface area contributed by atoms with Gasteiger partial charge in [-0.15, -0.1) is 0 Å². The van der Waals surface area contributed by atoms with Crippen LogP contribution in [-0.2, 0) is 19.6 Å². The van der Waals surface area contributed by atoms with Gasteiger partial charge < -0.3 is 4.74 Å². The lowest BCUT2D eigenvalue weighted by atomic mass is 10.0. The average molecular weight is 420 g/mol. The number of nitrogens with one attached hydrogen (secondary N) is 1. The van der Waals surface area contributed by atoms with Crippen molar-refractivity contribution in [2.75, 3.05) is 6.54 Å². The van der Waals surface area contributed by atoms with Gasteiger partial charge in [0, 0.05) is 0 Å². The van der Waals surface area contributed by atoms with Crippen molar-refractivity contribution in [1.82, 2.24) is 9.79 Å². The van der Waals surface area contributed by atoms with E-state index in [0.29, 0.717) is 29.4 Å². The van der Waals surface area contributed by atoms with Crippen LogP contribution in [-0.4, -0.2) is 37.6 Å². The number of hydrogen-bond acceptors (Lipinski definition) is 6. The van der Waals surface area contributed by atoms with Gasteiger partial charge in [-0.2, -0.15) is 0 Å². The number of amides is 2. The van der Waals surface area contributed by atoms with Crippen LogP contribution in [0.5, 0.6) is 11.5 Å². The van der Waals surface area contributed by atoms with E-state index in [4.69, 9.17) is 4.74 Å². The van der Waals surface area contributed by atoms with E-state index in [1.807, 2.05) is 29.8 Å². The Labute approximate surface area is 170 Å². The predicted molar refractivity (Wildman–Crippen MR) is 106 cm³/mol. The third-order valence-electron chi connectivity index (χ3n) is 4.15. The highest BCUT2D eigenvalue weighted by Gasteiger charge is 2.26. The molecular weight excluding hydrogens is 396 g/mol. The van der Waals surface area contributed by atoms with Crippen LogP contribution in [0.2, 0.25) is 0 Å². The Hall–Kier alpha value is -2.91. The minimum atomic E-state index is -4.11. The zero-order chi connectivity index (χ0) is 21.3. The summed E-state index contributed by atoms with van der Waals surface area (Å²) in [7, 11) is -4.11. The van der Waals surface area contributed by atoms with Crippen molar-refractivity contribution in [3.63, 3.8) is 0 Å². The normalized spacial score (nSPS) is 12.1. The lowest BCUT2D eigenvalue weighted by Crippen LogP contribution is -2.40. The van der Waals surface area contributed by atoms with Crippen molar-refractivity contribution in [3.05, 3.63) is 54.6 Å². The zero-order valence-electron chi connectivity index (χ0n) is 16.0. The van der Waals surface area contributed by atoms with E-state index in [1.165, 1.54) is 24.3 Å². The maximum atomic E-state index is 12.5. The third kappa shape index (κ3) is 6.88. The standard InChI is InChI=1S/C20H24N2O6S/c1-2-3-7-16(14-22(25)15-23)20(24)21-29(26,27)19-12-10-18(11-13-19)28-17-8-5-4-6-9-17/h4-6,8-13,15-16,25H,2-3,7,14H2,1H3,(H,21,24). The molecule has 0 heterocycles. The molecule has 0 aliphatic carbocycles. The highest BCUT2D eigenvalue weighted by atomic mass is 32.2. The first-order valence-corrected chi connectivity index (χ1v) is 10.6. The molecule has 9 heteroatoms. The lowest BCUT2D eigenvalue weighted by Gasteiger charge is -2.19. The Morgan fingerprint density at radius 3 is 2.34 bits per heavy atom. The SMILES string of the molecule is CCCCC(CN(O)C=O)C(=O)NS(=O)(=O)c1ccc(Oc2ccccc2)cc1. The van der Waals surface area contributed by atoms with Gasteiger partial charge in [-0.25, -0.2) is 18.2 Å². The Bertz CT molecular complexity index is 900. The summed E-state index contributed by atoms with van der Waals surface area (Å²) in [6.07, 6.45) is 1.95. The van der Waals surface area contributed by atoms with Gasteiger partial charge in [-0.1, -0.05) is 38.0 Å². The number of hydrogen-bond donors (Lipinski definition) is 2. The van der Waals surface area contributed by atoms with E-state index in [0.717, 1.165) is 6.42 Å². The summed E-state index contributed by atoms with van der Waals surface area (Å²) in [5, 5.41) is 9.70. The van der Waals surface area contributed by atoms with Crippen molar-refractivity contribution in [1.29, 1.82) is 0 Å². The quantitative estimate of drug-likeness (QED) is 0.328. The molecule has 0 saturated heterocycles. The van der Waals surface area contributed by atoms with E-state index in [2.05, 4.69) is 0 Å². The smallest absolute Gasteiger partial charge is 0.264 e. The average Bonchev–Trinajstić information content (AvgIpc) is 2.71. The maximum absolute atomic E-state index is 12.5. The number of unbranched alkanes of at least 4 members (excludes halogenated alkanes) is 1. The van der Waals surface area contributed by atoms with E-state index >= 15 is 0 Å². The second-order valence-electron chi connectivity index (χ2n) is 6.42. The number of hydroxylamine groups is 2. The van der Waals surface area contributed by atoms with Crippen LogP contribution in [0.1, 0.15) is 26.2 Å². The van der Waals surface area contributed by atoms with E-state index in [-0.39, 0.29) is 17.9 Å². The first-order valence-electron chi connectivity index (χ1n) is 9.16. The number of sulfonamides is 1. The first-order chi connectivity index (χ1) is 13.9. The summed E-state index contributed by atoms with van der Waals surface area (Å²) in [5.74, 6) is -0.562. The van der Waals surface area contributed by atoms with Gasteiger partial charge in [0.25, 0.3) is 10.0 Å². The van der Waals surface area contributed by atoms with Crippen LogP contribution in [0, 0.1) is 5.92 Å². The molecule has 8 nitrogen and oxygen atoms in total. The van der Waals surface area contributed by atoms with Gasteiger partial charge in [0.05, 0.1) is 17.4 Å². The van der Waals surface area contributed by atoms with Crippen molar-refractivity contribution in [3.8, 4) is 11.5 Å². The fraction of sp³-hybridized carbons (Fsp3) is 0.300. The molecule has 0 saturated carbocycles. The summed E-state index contributed by atoms with van der Waals surface area (Å²) in [6.45, 7) is 1.63. The van der Waals surface area contributed by atoms with Crippen LogP contribution < -0.4 is 9.46 Å². The summed E-state index contributed by atoms with van der Waals surface area (Å²) in [6, 6.07) is 14.7. The minimum absolute atomic E-state index is 0.100. The summed E-state index contributed by atoms with van der Waals surface area (Å²) in [5.41, 5.74) is 0. The molecule has 2 aromatic rings. The molecule has 0 aromatic heterocycles. The molecule has 0 bridgehead atoms. The molecule has 0 radical (unpaired) electrons. The lowest BCUT2D eigenvalue weighted by molar-refractivity contribution is -0.154. The topological polar surface area (TPSA) is 113 Å². The first kappa shape index (κ1) is 22.4. The molecule has 156 valence electrons. The largest absolute Gasteiger partial charge is 0.457 e. The van der Waals surface area contributed by atoms with Gasteiger partial charge in [0.1, 0.15) is 11.5 Å². The molecule has 0 fully saturated rings. The van der Waals surface area contributed by atoms with E-state index in [1.54, 1.807) is 12.1 Å². The fourth-order valence-electron chi connectivity index (χ4n) is 2.61. The monoisotopic (exact) mass is 420 g/mol. The zero-order valence-corrected chi connectivity index (χ0v) is 16.8. The predicted octanol–water partition coefficient (Wildman–Crippen LogP) is 2.94. The minimum Gasteiger partial charge on any atom is -0.457 e. The number of benzene rings is 2. The van der Waals surface area contributed by atoms with Crippen molar-refractivity contribution < 1.29 is 28.0 Å². The molecule has 2 N–H and O–H groups in total. The van der Waals surface area contributed by atoms with Gasteiger partial charge in [-0.3, -0.25) is 14.8 Å². The maximum Gasteiger partial charge on any atom is 0.264 e. The molecule has 0 spiro atoms. The second kappa shape index (κ2) is 10.6. The molecule has 2 rings (SSSR count). The van der Waals surface area contributed by atoms with Crippen LogP contribution in [0.15, 0.2) is 59.5 Å². The number of rotatable bonds is 11. The van der Waals surface area contributed by atoms with E-state index < -0.39 is 21.8 Å². The Balaban J connectivity index is 2.08. The van der Waals surface area contributed by atoms with Crippen molar-refractivity contribution in [2.45, 2.75) is 31.1 Å². The summed E-state index contributed by atoms with van der Waals surface area (Å²) in [4.78, 5) is 22.9. The number of nitrogens with zero attached hydrogens (tertiary/aromatic N) is 1. The molecule has 1 unspecified atom stereocenters. The van der Waals surface area contributed by atoms with Crippen molar-refractivity contribution >= 4 is 22.3 Å². The molecule has 0 aliphatic rings. The summed E-state index contributed by atoms with van der Waals surface area (Å²) >= 11 is 0. The number of carbonyl (C=O) groups excluding carboxylic acids is 2. The van der Waals surface area contributed by atoms with E-state index in [9.17, 15) is 23.2 Å². The Morgan fingerprint density at radius 2 is 1.76 bits per heavy atom. The van der Waals surface area contributed by atoms with Gasteiger partial charge in [0.15, 0.2) is 0 Å². The summed E-state index contributed by atoms with van der Waals surface area (Å²) < 4.78 is 32.7. The molecule has 2 amide bonds. The molecule has 2 aromatic carbocycles. The Kier molecular flexibility index (Phi) is 8.17. The highest BCUT2D eigenvalue weighted by molar-refractivity contribution is 7.90. The highest BCUT2D eigenvalue weighted by Crippen LogP contribution is 2.22. The van der Waals surface area contributed by atoms with Crippen LogP contribution in [0.4, 0.5) is 0 Å². The fourth-order valence-corrected chi connectivity index (χ4v) is 3.65. The number of para-hydroxylation sites is 1. The second-order valence-corrected chi connectivity index (χ2v) is 8.11. The van der Waals surface area contributed by atoms with Crippen LogP contribution in [0.25, 0.3) is 0 Å². The number of carbonyl (C=O) groups is 2. The number of ether oxygens (including phenoxy) is 1. The van der Waals surface area contributed by atoms with Gasteiger partial charge >= 0.3 is 0 Å². The van der Waals surface area contributed by atoms with Crippen LogP contribution >= 0.6 is 0 Å². The molecule has 29 heavy (non-hydrogen) atoms. The molecular formula is C20H24N2O6S. The molecule has 1 atom stereocenters. The molecule has 0 aliphatic heterocycles. The van der Waals surface area contributed by atoms with Crippen LogP contribution in [0.3, 0.4) is 0 Å². The van der Waals surface area contributed by atoms with Gasteiger partial charge in [-0.05, 0) is 42.8 Å². The van der Waals surface area contributed by atoms with Gasteiger partial charge in [0.2, 0.25) is 12.3 Å². The Morgan fingerprint density at radius 1 is 1.14 bits per heavy atom. The third-order valence-corrected chi connectivity index (χ3v) is 5.52.